The Morgan fingerprint density at radius 2 is 1.47 bits per heavy atom. The summed E-state index contributed by atoms with van der Waals surface area (Å²) < 4.78 is 1.96. The Morgan fingerprint density at radius 1 is 1.00 bits per heavy atom. The van der Waals surface area contributed by atoms with Crippen LogP contribution in [0, 0.1) is 10.1 Å². The van der Waals surface area contributed by atoms with Crippen molar-refractivity contribution in [1.82, 2.24) is 0 Å². The molecule has 0 unspecified atom stereocenters. The van der Waals surface area contributed by atoms with Crippen LogP contribution in [0.3, 0.4) is 0 Å². The van der Waals surface area contributed by atoms with Gasteiger partial charge in [-0.2, -0.15) is 0 Å². The zero-order valence-electron chi connectivity index (χ0n) is 10.4. The summed E-state index contributed by atoms with van der Waals surface area (Å²) in [6.45, 7) is 0. The van der Waals surface area contributed by atoms with Gasteiger partial charge in [-0.1, -0.05) is 12.2 Å². The first-order chi connectivity index (χ1) is 8.65. The average molecular weight is 368 g/mol. The van der Waals surface area contributed by atoms with Crippen molar-refractivity contribution in [2.45, 2.75) is 0 Å². The number of nitro benzene ring substituents is 1. The minimum Gasteiger partial charge on any atom is -1.00 e. The number of aromatic nitrogens is 1. The van der Waals surface area contributed by atoms with E-state index in [1.54, 1.807) is 12.1 Å². The number of halogens is 1. The number of non-ortho nitro benzene ring substituents is 1. The van der Waals surface area contributed by atoms with Gasteiger partial charge in [-0.3, -0.25) is 10.1 Å². The second-order valence-electron chi connectivity index (χ2n) is 3.98. The van der Waals surface area contributed by atoms with Crippen LogP contribution in [-0.4, -0.2) is 4.92 Å². The fourth-order valence-electron chi connectivity index (χ4n) is 1.52. The quantitative estimate of drug-likeness (QED) is 0.320. The molecule has 0 saturated carbocycles. The van der Waals surface area contributed by atoms with E-state index in [2.05, 4.69) is 0 Å². The molecule has 0 aliphatic heterocycles. The third-order valence-corrected chi connectivity index (χ3v) is 2.58. The Labute approximate surface area is 128 Å². The van der Waals surface area contributed by atoms with E-state index in [1.165, 1.54) is 12.1 Å². The van der Waals surface area contributed by atoms with Gasteiger partial charge in [0.15, 0.2) is 12.4 Å². The number of nitrogens with zero attached hydrogens (tertiary/aromatic N) is 2. The topological polar surface area (TPSA) is 47.0 Å². The van der Waals surface area contributed by atoms with Gasteiger partial charge in [0.2, 0.25) is 0 Å². The van der Waals surface area contributed by atoms with Crippen LogP contribution in [0.4, 0.5) is 5.69 Å². The van der Waals surface area contributed by atoms with Crippen molar-refractivity contribution in [3.63, 3.8) is 0 Å². The monoisotopic (exact) mass is 368 g/mol. The minimum atomic E-state index is -0.398. The summed E-state index contributed by atoms with van der Waals surface area (Å²) in [5.74, 6) is 0. The Kier molecular flexibility index (Phi) is 5.62. The van der Waals surface area contributed by atoms with Crippen LogP contribution in [-0.2, 0) is 7.05 Å². The van der Waals surface area contributed by atoms with Gasteiger partial charge >= 0.3 is 0 Å². The van der Waals surface area contributed by atoms with Gasteiger partial charge in [0.05, 0.1) is 4.92 Å². The molecule has 0 spiro atoms. The van der Waals surface area contributed by atoms with Crippen LogP contribution in [0.2, 0.25) is 0 Å². The Morgan fingerprint density at radius 3 is 1.95 bits per heavy atom. The molecule has 0 atom stereocenters. The van der Waals surface area contributed by atoms with Crippen LogP contribution in [0.1, 0.15) is 11.1 Å². The van der Waals surface area contributed by atoms with Crippen molar-refractivity contribution in [3.05, 3.63) is 70.0 Å². The molecule has 0 bridgehead atoms. The zero-order chi connectivity index (χ0) is 13.0. The molecule has 2 rings (SSSR count). The van der Waals surface area contributed by atoms with E-state index in [0.717, 1.165) is 11.1 Å². The van der Waals surface area contributed by atoms with Gasteiger partial charge in [0.25, 0.3) is 5.69 Å². The first-order valence-electron chi connectivity index (χ1n) is 5.53. The highest BCUT2D eigenvalue weighted by Crippen LogP contribution is 2.13. The van der Waals surface area contributed by atoms with Crippen molar-refractivity contribution in [1.29, 1.82) is 0 Å². The Hall–Kier alpha value is -1.76. The van der Waals surface area contributed by atoms with Crippen molar-refractivity contribution in [2.75, 3.05) is 0 Å². The number of pyridine rings is 1. The molecular formula is C14H13IN2O2. The molecule has 0 aliphatic carbocycles. The number of nitro groups is 1. The number of hydrogen-bond acceptors (Lipinski definition) is 2. The third-order valence-electron chi connectivity index (χ3n) is 2.58. The molecule has 0 radical (unpaired) electrons. The standard InChI is InChI=1S/C14H13N2O2.HI/c1-15-10-8-13(9-11-15)3-2-12-4-6-14(7-5-12)16(17)18;/h2-11H,1H3;1H/q+1;/p-1/b3-2+;. The van der Waals surface area contributed by atoms with Crippen molar-refractivity contribution < 1.29 is 33.5 Å². The summed E-state index contributed by atoms with van der Waals surface area (Å²) in [4.78, 5) is 10.1. The second kappa shape index (κ2) is 6.98. The van der Waals surface area contributed by atoms with Gasteiger partial charge in [-0.15, -0.1) is 0 Å². The van der Waals surface area contributed by atoms with Crippen molar-refractivity contribution in [3.8, 4) is 0 Å². The molecule has 2 aromatic rings. The maximum absolute atomic E-state index is 10.5. The normalized spacial score (nSPS) is 10.2. The van der Waals surface area contributed by atoms with Gasteiger partial charge in [0, 0.05) is 24.3 Å². The van der Waals surface area contributed by atoms with Crippen LogP contribution in [0.15, 0.2) is 48.8 Å². The predicted molar refractivity (Wildman–Crippen MR) is 69.6 cm³/mol. The van der Waals surface area contributed by atoms with Gasteiger partial charge in [-0.25, -0.2) is 4.57 Å². The highest BCUT2D eigenvalue weighted by Gasteiger charge is 2.02. The lowest BCUT2D eigenvalue weighted by atomic mass is 10.1. The first kappa shape index (κ1) is 15.3. The van der Waals surface area contributed by atoms with E-state index in [-0.39, 0.29) is 29.7 Å². The van der Waals surface area contributed by atoms with Crippen LogP contribution in [0.25, 0.3) is 12.2 Å². The molecule has 98 valence electrons. The van der Waals surface area contributed by atoms with E-state index >= 15 is 0 Å². The summed E-state index contributed by atoms with van der Waals surface area (Å²) in [7, 11) is 1.96. The van der Waals surface area contributed by atoms with E-state index in [0.29, 0.717) is 0 Å². The molecule has 0 aliphatic rings. The summed E-state index contributed by atoms with van der Waals surface area (Å²) in [5.41, 5.74) is 2.14. The first-order valence-corrected chi connectivity index (χ1v) is 5.53. The fraction of sp³-hybridized carbons (Fsp3) is 0.0714. The van der Waals surface area contributed by atoms with E-state index in [1.807, 2.05) is 48.3 Å². The fourth-order valence-corrected chi connectivity index (χ4v) is 1.52. The molecule has 0 amide bonds. The molecule has 19 heavy (non-hydrogen) atoms. The van der Waals surface area contributed by atoms with Crippen molar-refractivity contribution in [2.24, 2.45) is 7.05 Å². The summed E-state index contributed by atoms with van der Waals surface area (Å²) >= 11 is 0. The average Bonchev–Trinajstić information content (AvgIpc) is 2.38. The van der Waals surface area contributed by atoms with Gasteiger partial charge in [0.1, 0.15) is 7.05 Å². The maximum atomic E-state index is 10.5. The number of aryl methyl sites for hydroxylation is 1. The van der Waals surface area contributed by atoms with Crippen LogP contribution < -0.4 is 28.5 Å². The molecule has 0 N–H and O–H groups in total. The molecule has 4 nitrogen and oxygen atoms in total. The molecule has 1 aromatic carbocycles. The number of rotatable bonds is 3. The lowest BCUT2D eigenvalue weighted by molar-refractivity contribution is -0.671. The van der Waals surface area contributed by atoms with Gasteiger partial charge < -0.3 is 24.0 Å². The Balaban J connectivity index is 0.00000180. The molecule has 1 aromatic heterocycles. The Bertz CT molecular complexity index is 577. The number of hydrogen-bond donors (Lipinski definition) is 0. The maximum Gasteiger partial charge on any atom is 0.269 e. The molecule has 0 fully saturated rings. The second-order valence-corrected chi connectivity index (χ2v) is 3.98. The van der Waals surface area contributed by atoms with Crippen molar-refractivity contribution >= 4 is 17.8 Å². The molecule has 5 heteroatoms. The predicted octanol–water partition coefficient (Wildman–Crippen LogP) is -0.406. The minimum absolute atomic E-state index is 0. The van der Waals surface area contributed by atoms with Crippen LogP contribution in [0.5, 0.6) is 0 Å². The van der Waals surface area contributed by atoms with E-state index in [9.17, 15) is 10.1 Å². The third kappa shape index (κ3) is 4.44. The zero-order valence-corrected chi connectivity index (χ0v) is 12.5. The number of benzene rings is 1. The SMILES string of the molecule is C[n+]1ccc(/C=C/c2ccc([N+](=O)[O-])cc2)cc1.[I-]. The lowest BCUT2D eigenvalue weighted by Crippen LogP contribution is -3.00. The van der Waals surface area contributed by atoms with E-state index in [4.69, 9.17) is 0 Å². The van der Waals surface area contributed by atoms with Gasteiger partial charge in [-0.05, 0) is 23.3 Å². The summed E-state index contributed by atoms with van der Waals surface area (Å²) in [6.07, 6.45) is 7.84. The highest BCUT2D eigenvalue weighted by molar-refractivity contribution is 5.69. The smallest absolute Gasteiger partial charge is 0.269 e. The van der Waals surface area contributed by atoms with E-state index < -0.39 is 4.92 Å². The lowest BCUT2D eigenvalue weighted by Gasteiger charge is -1.94. The largest absolute Gasteiger partial charge is 1.00 e. The molecule has 1 heterocycles. The summed E-state index contributed by atoms with van der Waals surface area (Å²) in [5, 5.41) is 10.5. The molecular weight excluding hydrogens is 355 g/mol. The highest BCUT2D eigenvalue weighted by atomic mass is 127. The molecule has 0 saturated heterocycles. The van der Waals surface area contributed by atoms with Crippen LogP contribution >= 0.6 is 0 Å². The summed E-state index contributed by atoms with van der Waals surface area (Å²) in [6, 6.07) is 10.5.